The maximum Gasteiger partial charge on any atom is 0.409 e. The van der Waals surface area contributed by atoms with Crippen molar-refractivity contribution < 1.29 is 19.4 Å². The summed E-state index contributed by atoms with van der Waals surface area (Å²) in [6.07, 6.45) is 3.51. The number of hydrogen-bond donors (Lipinski definition) is 1. The van der Waals surface area contributed by atoms with Crippen LogP contribution in [0.1, 0.15) is 6.42 Å². The lowest BCUT2D eigenvalue weighted by molar-refractivity contribution is 0.0766. The van der Waals surface area contributed by atoms with E-state index in [0.29, 0.717) is 6.42 Å². The van der Waals surface area contributed by atoms with Crippen LogP contribution in [0.5, 0.6) is 0 Å². The summed E-state index contributed by atoms with van der Waals surface area (Å²) in [5.74, 6) is 2.37. The summed E-state index contributed by atoms with van der Waals surface area (Å²) in [7, 11) is 3.12. The van der Waals surface area contributed by atoms with E-state index in [4.69, 9.17) is 16.3 Å². The van der Waals surface area contributed by atoms with Crippen molar-refractivity contribution in [2.24, 2.45) is 0 Å². The Labute approximate surface area is 93.8 Å². The van der Waals surface area contributed by atoms with Crippen molar-refractivity contribution >= 4 is 12.2 Å². The molecule has 0 bridgehead atoms. The molecule has 0 saturated carbocycles. The van der Waals surface area contributed by atoms with E-state index in [0.717, 1.165) is 4.90 Å². The van der Waals surface area contributed by atoms with E-state index in [-0.39, 0.29) is 6.54 Å². The molecule has 2 amide bonds. The fourth-order valence-corrected chi connectivity index (χ4v) is 1.50. The van der Waals surface area contributed by atoms with E-state index in [9.17, 15) is 9.59 Å². The average Bonchev–Trinajstić information content (AvgIpc) is 2.60. The summed E-state index contributed by atoms with van der Waals surface area (Å²) in [6, 6.07) is -0.516. The Morgan fingerprint density at radius 3 is 2.56 bits per heavy atom. The van der Waals surface area contributed by atoms with Crippen LogP contribution >= 0.6 is 0 Å². The first kappa shape index (κ1) is 12.2. The van der Waals surface area contributed by atoms with Gasteiger partial charge < -0.3 is 14.7 Å². The van der Waals surface area contributed by atoms with Crippen LogP contribution in [0.15, 0.2) is 0 Å². The standard InChI is InChI=1S/C10H14N2O4/c1-4-7-5-8(6-12(7)9(13)14)16-10(15)11(2)3/h1,7-8H,5-6H2,2-3H3,(H,13,14)/t7-,8-/m0/s1. The van der Waals surface area contributed by atoms with E-state index in [2.05, 4.69) is 5.92 Å². The highest BCUT2D eigenvalue weighted by atomic mass is 16.6. The van der Waals surface area contributed by atoms with Crippen molar-refractivity contribution in [3.8, 4) is 12.3 Å². The van der Waals surface area contributed by atoms with Gasteiger partial charge in [-0.3, -0.25) is 4.90 Å². The molecule has 2 atom stereocenters. The Morgan fingerprint density at radius 2 is 2.19 bits per heavy atom. The van der Waals surface area contributed by atoms with Crippen LogP contribution < -0.4 is 0 Å². The summed E-state index contributed by atoms with van der Waals surface area (Å²) >= 11 is 0. The number of carbonyl (C=O) groups excluding carboxylic acids is 1. The van der Waals surface area contributed by atoms with Crippen molar-refractivity contribution in [3.05, 3.63) is 0 Å². The quantitative estimate of drug-likeness (QED) is 0.658. The van der Waals surface area contributed by atoms with Crippen molar-refractivity contribution in [2.45, 2.75) is 18.6 Å². The minimum Gasteiger partial charge on any atom is -0.465 e. The van der Waals surface area contributed by atoms with Crippen molar-refractivity contribution in [3.63, 3.8) is 0 Å². The van der Waals surface area contributed by atoms with Crippen molar-refractivity contribution in [2.75, 3.05) is 20.6 Å². The molecule has 1 fully saturated rings. The fourth-order valence-electron chi connectivity index (χ4n) is 1.50. The molecule has 0 unspecified atom stereocenters. The number of rotatable bonds is 1. The molecule has 0 radical (unpaired) electrons. The number of hydrogen-bond acceptors (Lipinski definition) is 3. The molecular formula is C10H14N2O4. The molecule has 6 nitrogen and oxygen atoms in total. The topological polar surface area (TPSA) is 70.1 Å². The summed E-state index contributed by atoms with van der Waals surface area (Å²) in [5, 5.41) is 8.86. The second-order valence-electron chi connectivity index (χ2n) is 3.75. The number of nitrogens with zero attached hydrogens (tertiary/aromatic N) is 2. The third kappa shape index (κ3) is 2.57. The Kier molecular flexibility index (Phi) is 3.61. The summed E-state index contributed by atoms with van der Waals surface area (Å²) in [5.41, 5.74) is 0. The first-order valence-corrected chi connectivity index (χ1v) is 4.79. The number of ether oxygens (including phenoxy) is 1. The van der Waals surface area contributed by atoms with Crippen LogP contribution in [-0.4, -0.2) is 59.9 Å². The first-order valence-electron chi connectivity index (χ1n) is 4.79. The summed E-state index contributed by atoms with van der Waals surface area (Å²) in [6.45, 7) is 0.129. The van der Waals surface area contributed by atoms with Crippen molar-refractivity contribution in [1.29, 1.82) is 0 Å². The molecule has 1 aliphatic heterocycles. The van der Waals surface area contributed by atoms with Gasteiger partial charge in [0.25, 0.3) is 0 Å². The predicted octanol–water partition coefficient (Wildman–Crippen LogP) is 0.439. The Balaban J connectivity index is 2.59. The van der Waals surface area contributed by atoms with Crippen molar-refractivity contribution in [1.82, 2.24) is 9.80 Å². The van der Waals surface area contributed by atoms with E-state index in [1.54, 1.807) is 14.1 Å². The molecule has 0 aromatic rings. The van der Waals surface area contributed by atoms with Gasteiger partial charge in [-0.2, -0.15) is 0 Å². The van der Waals surface area contributed by atoms with Crippen LogP contribution in [0.25, 0.3) is 0 Å². The van der Waals surface area contributed by atoms with Gasteiger partial charge in [0, 0.05) is 20.5 Å². The highest BCUT2D eigenvalue weighted by molar-refractivity contribution is 5.68. The first-order chi connectivity index (χ1) is 7.45. The zero-order chi connectivity index (χ0) is 12.3. The van der Waals surface area contributed by atoms with Crippen LogP contribution in [0, 0.1) is 12.3 Å². The van der Waals surface area contributed by atoms with Crippen LogP contribution in [0.4, 0.5) is 9.59 Å². The molecule has 1 N–H and O–H groups in total. The maximum atomic E-state index is 11.3. The van der Waals surface area contributed by atoms with Gasteiger partial charge in [-0.25, -0.2) is 9.59 Å². The monoisotopic (exact) mass is 226 g/mol. The van der Waals surface area contributed by atoms with Gasteiger partial charge >= 0.3 is 12.2 Å². The zero-order valence-corrected chi connectivity index (χ0v) is 9.21. The molecule has 0 aliphatic carbocycles. The van der Waals surface area contributed by atoms with Gasteiger partial charge in [0.1, 0.15) is 6.10 Å². The van der Waals surface area contributed by atoms with E-state index in [1.807, 2.05) is 0 Å². The Bertz CT molecular complexity index is 334. The number of amides is 2. The normalized spacial score (nSPS) is 23.7. The Morgan fingerprint density at radius 1 is 1.56 bits per heavy atom. The molecule has 16 heavy (non-hydrogen) atoms. The molecule has 0 spiro atoms. The zero-order valence-electron chi connectivity index (χ0n) is 9.21. The third-order valence-electron chi connectivity index (χ3n) is 2.33. The average molecular weight is 226 g/mol. The van der Waals surface area contributed by atoms with E-state index < -0.39 is 24.3 Å². The minimum absolute atomic E-state index is 0.129. The van der Waals surface area contributed by atoms with Crippen LogP contribution in [0.2, 0.25) is 0 Å². The Hall–Kier alpha value is -1.90. The van der Waals surface area contributed by atoms with Crippen LogP contribution in [-0.2, 0) is 4.74 Å². The molecule has 1 heterocycles. The van der Waals surface area contributed by atoms with E-state index >= 15 is 0 Å². The molecule has 1 aliphatic rings. The highest BCUT2D eigenvalue weighted by Gasteiger charge is 2.36. The van der Waals surface area contributed by atoms with Crippen LogP contribution in [0.3, 0.4) is 0 Å². The summed E-state index contributed by atoms with van der Waals surface area (Å²) < 4.78 is 5.07. The molecular weight excluding hydrogens is 212 g/mol. The molecule has 88 valence electrons. The second kappa shape index (κ2) is 4.75. The van der Waals surface area contributed by atoms with Gasteiger partial charge in [-0.15, -0.1) is 6.42 Å². The highest BCUT2D eigenvalue weighted by Crippen LogP contribution is 2.20. The molecule has 0 aromatic carbocycles. The van der Waals surface area contributed by atoms with Gasteiger partial charge in [0.2, 0.25) is 0 Å². The lowest BCUT2D eigenvalue weighted by Gasteiger charge is -2.16. The number of carboxylic acid groups (broad SMARTS) is 1. The largest absolute Gasteiger partial charge is 0.465 e. The fraction of sp³-hybridized carbons (Fsp3) is 0.600. The number of likely N-dealkylation sites (tertiary alicyclic amines) is 1. The lowest BCUT2D eigenvalue weighted by atomic mass is 10.2. The predicted molar refractivity (Wildman–Crippen MR) is 55.9 cm³/mol. The molecule has 1 rings (SSSR count). The second-order valence-corrected chi connectivity index (χ2v) is 3.75. The smallest absolute Gasteiger partial charge is 0.409 e. The number of carbonyl (C=O) groups is 2. The minimum atomic E-state index is -1.09. The molecule has 0 aromatic heterocycles. The summed E-state index contributed by atoms with van der Waals surface area (Å²) in [4.78, 5) is 24.5. The lowest BCUT2D eigenvalue weighted by Crippen LogP contribution is -2.34. The third-order valence-corrected chi connectivity index (χ3v) is 2.33. The SMILES string of the molecule is C#C[C@H]1C[C@H](OC(=O)N(C)C)CN1C(=O)O. The van der Waals surface area contributed by atoms with Gasteiger partial charge in [-0.1, -0.05) is 5.92 Å². The number of terminal acetylenes is 1. The maximum absolute atomic E-state index is 11.3. The molecule has 6 heteroatoms. The van der Waals surface area contributed by atoms with Gasteiger partial charge in [0.05, 0.1) is 12.6 Å². The van der Waals surface area contributed by atoms with E-state index in [1.165, 1.54) is 4.90 Å². The van der Waals surface area contributed by atoms with Gasteiger partial charge in [0.15, 0.2) is 0 Å². The van der Waals surface area contributed by atoms with Gasteiger partial charge in [-0.05, 0) is 0 Å². The molecule has 1 saturated heterocycles.